The molecule has 3 rings (SSSR count). The van der Waals surface area contributed by atoms with Crippen LogP contribution in [0.4, 0.5) is 11.4 Å². The van der Waals surface area contributed by atoms with Crippen LogP contribution in [0.1, 0.15) is 36.7 Å². The zero-order valence-electron chi connectivity index (χ0n) is 18.3. The van der Waals surface area contributed by atoms with Crippen molar-refractivity contribution in [3.8, 4) is 0 Å². The molecule has 0 aliphatic carbocycles. The van der Waals surface area contributed by atoms with E-state index in [9.17, 15) is 18.3 Å². The lowest BCUT2D eigenvalue weighted by atomic mass is 10.0. The summed E-state index contributed by atoms with van der Waals surface area (Å²) >= 11 is 0. The van der Waals surface area contributed by atoms with Gasteiger partial charge >= 0.3 is 5.97 Å². The monoisotopic (exact) mass is 445 g/mol. The van der Waals surface area contributed by atoms with Gasteiger partial charge in [-0.3, -0.25) is 4.72 Å². The lowest BCUT2D eigenvalue weighted by Crippen LogP contribution is -2.46. The van der Waals surface area contributed by atoms with Gasteiger partial charge in [-0.05, 0) is 54.8 Å². The molecular weight excluding hydrogens is 414 g/mol. The Bertz CT molecular complexity index is 1010. The highest BCUT2D eigenvalue weighted by Crippen LogP contribution is 2.27. The van der Waals surface area contributed by atoms with Crippen LogP contribution < -0.4 is 9.62 Å². The molecule has 0 radical (unpaired) electrons. The number of rotatable bonds is 8. The Kier molecular flexibility index (Phi) is 7.23. The highest BCUT2D eigenvalue weighted by molar-refractivity contribution is 7.92. The minimum atomic E-state index is -3.90. The highest BCUT2D eigenvalue weighted by Gasteiger charge is 2.22. The number of carboxylic acid groups (broad SMARTS) is 1. The van der Waals surface area contributed by atoms with Gasteiger partial charge < -0.3 is 14.9 Å². The third kappa shape index (κ3) is 5.77. The van der Waals surface area contributed by atoms with E-state index in [4.69, 9.17) is 0 Å². The summed E-state index contributed by atoms with van der Waals surface area (Å²) in [7, 11) is -3.90. The van der Waals surface area contributed by atoms with Crippen LogP contribution in [0.15, 0.2) is 47.4 Å². The molecule has 168 valence electrons. The number of hydrogen-bond donors (Lipinski definition) is 2. The average molecular weight is 446 g/mol. The molecule has 1 aliphatic heterocycles. The minimum absolute atomic E-state index is 0.0598. The topological polar surface area (TPSA) is 90.0 Å². The van der Waals surface area contributed by atoms with Gasteiger partial charge in [0.1, 0.15) is 0 Å². The van der Waals surface area contributed by atoms with Crippen molar-refractivity contribution in [1.29, 1.82) is 0 Å². The predicted molar refractivity (Wildman–Crippen MR) is 124 cm³/mol. The summed E-state index contributed by atoms with van der Waals surface area (Å²) in [6.45, 7) is 10.8. The molecule has 1 saturated heterocycles. The third-order valence-corrected chi connectivity index (χ3v) is 6.92. The smallest absolute Gasteiger partial charge is 0.337 e. The normalized spacial score (nSPS) is 15.3. The summed E-state index contributed by atoms with van der Waals surface area (Å²) in [6, 6.07) is 11.6. The fourth-order valence-corrected chi connectivity index (χ4v) is 4.88. The summed E-state index contributed by atoms with van der Waals surface area (Å²) in [4.78, 5) is 16.4. The molecule has 2 aromatic rings. The lowest BCUT2D eigenvalue weighted by Gasteiger charge is -2.35. The number of aromatic carboxylic acids is 1. The lowest BCUT2D eigenvalue weighted by molar-refractivity contribution is 0.0698. The Morgan fingerprint density at radius 3 is 2.26 bits per heavy atom. The number of carbonyl (C=O) groups is 1. The van der Waals surface area contributed by atoms with Crippen molar-refractivity contribution >= 4 is 27.4 Å². The Morgan fingerprint density at radius 2 is 1.71 bits per heavy atom. The maximum Gasteiger partial charge on any atom is 0.337 e. The molecule has 1 aliphatic rings. The molecule has 1 fully saturated rings. The van der Waals surface area contributed by atoms with Crippen molar-refractivity contribution in [3.05, 3.63) is 53.6 Å². The van der Waals surface area contributed by atoms with Gasteiger partial charge in [-0.15, -0.1) is 0 Å². The Morgan fingerprint density at radius 1 is 1.06 bits per heavy atom. The largest absolute Gasteiger partial charge is 0.478 e. The van der Waals surface area contributed by atoms with E-state index in [-0.39, 0.29) is 16.1 Å². The number of likely N-dealkylation sites (N-methyl/N-ethyl adjacent to an activating group) is 1. The second kappa shape index (κ2) is 9.70. The maximum absolute atomic E-state index is 12.8. The second-order valence-corrected chi connectivity index (χ2v) is 9.99. The molecule has 0 atom stereocenters. The van der Waals surface area contributed by atoms with E-state index in [0.717, 1.165) is 50.4 Å². The number of anilines is 2. The summed E-state index contributed by atoms with van der Waals surface area (Å²) in [5.74, 6) is -0.693. The number of nitrogens with zero attached hydrogens (tertiary/aromatic N) is 2. The predicted octanol–water partition coefficient (Wildman–Crippen LogP) is 3.53. The molecule has 0 saturated carbocycles. The van der Waals surface area contributed by atoms with Gasteiger partial charge in [0.15, 0.2) is 0 Å². The van der Waals surface area contributed by atoms with Crippen molar-refractivity contribution in [1.82, 2.24) is 4.90 Å². The SMILES string of the molecule is CCN1CCN(c2ccc(NS(=O)(=O)c3ccc(CC(C)C)cc3)c(C(=O)O)c2)CC1. The van der Waals surface area contributed by atoms with Gasteiger partial charge in [-0.25, -0.2) is 13.2 Å². The van der Waals surface area contributed by atoms with Crippen molar-refractivity contribution in [3.63, 3.8) is 0 Å². The first-order valence-corrected chi connectivity index (χ1v) is 12.1. The fourth-order valence-electron chi connectivity index (χ4n) is 3.80. The number of hydrogen-bond acceptors (Lipinski definition) is 5. The first-order valence-electron chi connectivity index (χ1n) is 10.7. The molecular formula is C23H31N3O4S. The molecule has 0 bridgehead atoms. The number of piperazine rings is 1. The standard InChI is InChI=1S/C23H31N3O4S/c1-4-25-11-13-26(14-12-25)19-7-10-22(21(16-19)23(27)28)24-31(29,30)20-8-5-18(6-9-20)15-17(2)3/h5-10,16-17,24H,4,11-15H2,1-3H3,(H,27,28). The van der Waals surface area contributed by atoms with E-state index in [2.05, 4.69) is 35.3 Å². The summed E-state index contributed by atoms with van der Waals surface area (Å²) in [5.41, 5.74) is 1.85. The molecule has 0 spiro atoms. The van der Waals surface area contributed by atoms with E-state index >= 15 is 0 Å². The van der Waals surface area contributed by atoms with E-state index in [0.29, 0.717) is 5.92 Å². The van der Waals surface area contributed by atoms with Crippen LogP contribution in [0.3, 0.4) is 0 Å². The second-order valence-electron chi connectivity index (χ2n) is 8.30. The van der Waals surface area contributed by atoms with Gasteiger partial charge in [0.2, 0.25) is 0 Å². The van der Waals surface area contributed by atoms with Crippen LogP contribution in [-0.2, 0) is 16.4 Å². The van der Waals surface area contributed by atoms with Crippen LogP contribution in [0.25, 0.3) is 0 Å². The Balaban J connectivity index is 1.81. The van der Waals surface area contributed by atoms with Crippen molar-refractivity contribution in [2.45, 2.75) is 32.1 Å². The molecule has 7 nitrogen and oxygen atoms in total. The van der Waals surface area contributed by atoms with Crippen molar-refractivity contribution in [2.24, 2.45) is 5.92 Å². The van der Waals surface area contributed by atoms with Crippen LogP contribution in [-0.4, -0.2) is 57.1 Å². The van der Waals surface area contributed by atoms with E-state index in [1.165, 1.54) is 6.07 Å². The number of sulfonamides is 1. The van der Waals surface area contributed by atoms with E-state index in [1.54, 1.807) is 36.4 Å². The first kappa shape index (κ1) is 23.1. The molecule has 1 heterocycles. The molecule has 0 amide bonds. The summed E-state index contributed by atoms with van der Waals surface area (Å²) in [5, 5.41) is 9.69. The minimum Gasteiger partial charge on any atom is -0.478 e. The average Bonchev–Trinajstić information content (AvgIpc) is 2.73. The maximum atomic E-state index is 12.8. The van der Waals surface area contributed by atoms with Gasteiger partial charge in [-0.1, -0.05) is 32.9 Å². The van der Waals surface area contributed by atoms with Crippen LogP contribution in [0.2, 0.25) is 0 Å². The molecule has 0 unspecified atom stereocenters. The van der Waals surface area contributed by atoms with Gasteiger partial charge in [0.05, 0.1) is 16.1 Å². The van der Waals surface area contributed by atoms with Gasteiger partial charge in [-0.2, -0.15) is 0 Å². The van der Waals surface area contributed by atoms with Crippen LogP contribution >= 0.6 is 0 Å². The van der Waals surface area contributed by atoms with Crippen molar-refractivity contribution in [2.75, 3.05) is 42.3 Å². The molecule has 31 heavy (non-hydrogen) atoms. The molecule has 2 aromatic carbocycles. The molecule has 0 aromatic heterocycles. The fraction of sp³-hybridized carbons (Fsp3) is 0.435. The Labute approximate surface area is 184 Å². The van der Waals surface area contributed by atoms with Gasteiger partial charge in [0.25, 0.3) is 10.0 Å². The van der Waals surface area contributed by atoms with Gasteiger partial charge in [0, 0.05) is 31.9 Å². The zero-order chi connectivity index (χ0) is 22.6. The summed E-state index contributed by atoms with van der Waals surface area (Å²) in [6.07, 6.45) is 0.866. The zero-order valence-corrected chi connectivity index (χ0v) is 19.2. The first-order chi connectivity index (χ1) is 14.7. The Hall–Kier alpha value is -2.58. The summed E-state index contributed by atoms with van der Waals surface area (Å²) < 4.78 is 28.1. The van der Waals surface area contributed by atoms with E-state index in [1.807, 2.05) is 0 Å². The highest BCUT2D eigenvalue weighted by atomic mass is 32.2. The van der Waals surface area contributed by atoms with Crippen LogP contribution in [0, 0.1) is 5.92 Å². The number of benzene rings is 2. The van der Waals surface area contributed by atoms with E-state index < -0.39 is 16.0 Å². The van der Waals surface area contributed by atoms with Crippen molar-refractivity contribution < 1.29 is 18.3 Å². The number of carboxylic acids is 1. The van der Waals surface area contributed by atoms with Crippen LogP contribution in [0.5, 0.6) is 0 Å². The molecule has 2 N–H and O–H groups in total. The molecule has 8 heteroatoms. The third-order valence-electron chi connectivity index (χ3n) is 5.54. The number of nitrogens with one attached hydrogen (secondary N) is 1. The quantitative estimate of drug-likeness (QED) is 0.646.